The van der Waals surface area contributed by atoms with Gasteiger partial charge >= 0.3 is 0 Å². The molecule has 0 atom stereocenters. The normalized spacial score (nSPS) is 14.7. The third-order valence-electron chi connectivity index (χ3n) is 4.25. The molecule has 138 valence electrons. The summed E-state index contributed by atoms with van der Waals surface area (Å²) in [6.07, 6.45) is 7.73. The summed E-state index contributed by atoms with van der Waals surface area (Å²) in [4.78, 5) is 12.0. The van der Waals surface area contributed by atoms with Crippen LogP contribution in [0, 0.1) is 6.92 Å². The molecule has 0 saturated heterocycles. The molecular formula is C18H26N2O4S. The number of hydrogen-bond donors (Lipinski definition) is 2. The highest BCUT2D eigenvalue weighted by molar-refractivity contribution is 7.89. The van der Waals surface area contributed by atoms with Crippen molar-refractivity contribution in [2.75, 3.05) is 20.2 Å². The van der Waals surface area contributed by atoms with Crippen molar-refractivity contribution >= 4 is 15.9 Å². The van der Waals surface area contributed by atoms with Crippen molar-refractivity contribution in [1.29, 1.82) is 0 Å². The minimum absolute atomic E-state index is 0.147. The lowest BCUT2D eigenvalue weighted by atomic mass is 9.97. The van der Waals surface area contributed by atoms with E-state index >= 15 is 0 Å². The molecule has 0 radical (unpaired) electrons. The average molecular weight is 366 g/mol. The molecule has 7 heteroatoms. The molecule has 0 aliphatic heterocycles. The standard InChI is InChI=1S/C18H26N2O4S/c1-14-12-16(24-2)8-9-17(14)25(22,23)20-13-18(21)19-11-10-15-6-4-3-5-7-15/h6,8-9,12,20H,3-5,7,10-11,13H2,1-2H3,(H,19,21). The Hall–Kier alpha value is -1.86. The maximum atomic E-state index is 12.3. The van der Waals surface area contributed by atoms with Gasteiger partial charge in [0.25, 0.3) is 0 Å². The van der Waals surface area contributed by atoms with Crippen LogP contribution in [0.2, 0.25) is 0 Å². The second-order valence-corrected chi connectivity index (χ2v) is 7.90. The van der Waals surface area contributed by atoms with Crippen molar-refractivity contribution < 1.29 is 17.9 Å². The van der Waals surface area contributed by atoms with Gasteiger partial charge in [0.05, 0.1) is 18.6 Å². The molecule has 6 nitrogen and oxygen atoms in total. The summed E-state index contributed by atoms with van der Waals surface area (Å²) in [5, 5.41) is 2.76. The molecule has 1 amide bonds. The Balaban J connectivity index is 1.82. The number of methoxy groups -OCH3 is 1. The Morgan fingerprint density at radius 2 is 2.08 bits per heavy atom. The van der Waals surface area contributed by atoms with Crippen LogP contribution < -0.4 is 14.8 Å². The SMILES string of the molecule is COc1ccc(S(=O)(=O)NCC(=O)NCCC2=CCCCC2)c(C)c1. The van der Waals surface area contributed by atoms with E-state index < -0.39 is 10.0 Å². The van der Waals surface area contributed by atoms with Gasteiger partial charge in [-0.3, -0.25) is 4.79 Å². The van der Waals surface area contributed by atoms with Crippen molar-refractivity contribution in [3.8, 4) is 5.75 Å². The Bertz CT molecular complexity index is 741. The van der Waals surface area contributed by atoms with Crippen LogP contribution in [-0.4, -0.2) is 34.5 Å². The molecule has 1 aliphatic carbocycles. The Labute approximate surface area is 149 Å². The number of nitrogens with one attached hydrogen (secondary N) is 2. The highest BCUT2D eigenvalue weighted by Gasteiger charge is 2.18. The lowest BCUT2D eigenvalue weighted by molar-refractivity contribution is -0.119. The van der Waals surface area contributed by atoms with Gasteiger partial charge in [0.15, 0.2) is 0 Å². The van der Waals surface area contributed by atoms with Crippen LogP contribution in [0.3, 0.4) is 0 Å². The smallest absolute Gasteiger partial charge is 0.241 e. The predicted molar refractivity (Wildman–Crippen MR) is 97.1 cm³/mol. The number of rotatable bonds is 8. The fourth-order valence-corrected chi connectivity index (χ4v) is 4.05. The first kappa shape index (κ1) is 19.5. The van der Waals surface area contributed by atoms with Gasteiger partial charge in [-0.1, -0.05) is 11.6 Å². The molecule has 0 unspecified atom stereocenters. The number of allylic oxidation sites excluding steroid dienone is 1. The third-order valence-corrected chi connectivity index (χ3v) is 5.81. The fraction of sp³-hybridized carbons (Fsp3) is 0.500. The summed E-state index contributed by atoms with van der Waals surface area (Å²) in [7, 11) is -2.21. The number of carbonyl (C=O) groups is 1. The second-order valence-electron chi connectivity index (χ2n) is 6.16. The van der Waals surface area contributed by atoms with Crippen LogP contribution in [0.25, 0.3) is 0 Å². The molecule has 0 fully saturated rings. The van der Waals surface area contributed by atoms with Crippen molar-refractivity contribution in [2.45, 2.75) is 43.9 Å². The van der Waals surface area contributed by atoms with Gasteiger partial charge in [-0.15, -0.1) is 0 Å². The lowest BCUT2D eigenvalue weighted by Gasteiger charge is -2.13. The van der Waals surface area contributed by atoms with Crippen LogP contribution in [0.1, 0.15) is 37.7 Å². The topological polar surface area (TPSA) is 84.5 Å². The number of amides is 1. The molecule has 2 N–H and O–H groups in total. The van der Waals surface area contributed by atoms with Crippen molar-refractivity contribution in [1.82, 2.24) is 10.0 Å². The number of benzene rings is 1. The summed E-state index contributed by atoms with van der Waals surface area (Å²) in [6.45, 7) is 1.95. The Kier molecular flexibility index (Phi) is 7.01. The number of carbonyl (C=O) groups excluding carboxylic acids is 1. The summed E-state index contributed by atoms with van der Waals surface area (Å²) in [6, 6.07) is 4.70. The maximum absolute atomic E-state index is 12.3. The zero-order chi connectivity index (χ0) is 18.3. The van der Waals surface area contributed by atoms with Gasteiger partial charge in [-0.05, 0) is 62.8 Å². The summed E-state index contributed by atoms with van der Waals surface area (Å²) >= 11 is 0. The summed E-state index contributed by atoms with van der Waals surface area (Å²) in [5.41, 5.74) is 1.94. The number of hydrogen-bond acceptors (Lipinski definition) is 4. The van der Waals surface area contributed by atoms with E-state index in [0.717, 1.165) is 19.3 Å². The predicted octanol–water partition coefficient (Wildman–Crippen LogP) is 2.29. The number of sulfonamides is 1. The van der Waals surface area contributed by atoms with Gasteiger partial charge in [0.2, 0.25) is 15.9 Å². The first-order valence-corrected chi connectivity index (χ1v) is 9.99. The molecule has 2 rings (SSSR count). The van der Waals surface area contributed by atoms with Crippen LogP contribution in [-0.2, 0) is 14.8 Å². The molecule has 0 spiro atoms. The second kappa shape index (κ2) is 9.01. The largest absolute Gasteiger partial charge is 0.497 e. The van der Waals surface area contributed by atoms with Gasteiger partial charge in [0, 0.05) is 6.54 Å². The van der Waals surface area contributed by atoms with E-state index in [1.807, 2.05) is 0 Å². The zero-order valence-corrected chi connectivity index (χ0v) is 15.6. The van der Waals surface area contributed by atoms with E-state index in [0.29, 0.717) is 17.9 Å². The monoisotopic (exact) mass is 366 g/mol. The molecule has 0 bridgehead atoms. The lowest BCUT2D eigenvalue weighted by Crippen LogP contribution is -2.37. The van der Waals surface area contributed by atoms with E-state index in [2.05, 4.69) is 16.1 Å². The van der Waals surface area contributed by atoms with E-state index in [1.165, 1.54) is 31.6 Å². The van der Waals surface area contributed by atoms with E-state index in [-0.39, 0.29) is 17.3 Å². The van der Waals surface area contributed by atoms with Crippen LogP contribution in [0.15, 0.2) is 34.7 Å². The Morgan fingerprint density at radius 3 is 2.72 bits per heavy atom. The fourth-order valence-electron chi connectivity index (χ4n) is 2.85. The van der Waals surface area contributed by atoms with Crippen LogP contribution in [0.5, 0.6) is 5.75 Å². The number of aryl methyl sites for hydroxylation is 1. The summed E-state index contributed by atoms with van der Waals surface area (Å²) in [5.74, 6) is 0.261. The highest BCUT2D eigenvalue weighted by atomic mass is 32.2. The van der Waals surface area contributed by atoms with Gasteiger partial charge in [-0.25, -0.2) is 13.1 Å². The highest BCUT2D eigenvalue weighted by Crippen LogP contribution is 2.21. The molecular weight excluding hydrogens is 340 g/mol. The maximum Gasteiger partial charge on any atom is 0.241 e. The first-order valence-electron chi connectivity index (χ1n) is 8.51. The van der Waals surface area contributed by atoms with E-state index in [4.69, 9.17) is 4.74 Å². The van der Waals surface area contributed by atoms with Crippen LogP contribution in [0.4, 0.5) is 0 Å². The molecule has 0 aromatic heterocycles. The minimum Gasteiger partial charge on any atom is -0.497 e. The van der Waals surface area contributed by atoms with Crippen LogP contribution >= 0.6 is 0 Å². The van der Waals surface area contributed by atoms with Gasteiger partial charge in [0.1, 0.15) is 5.75 Å². The molecule has 0 heterocycles. The molecule has 1 aromatic carbocycles. The van der Waals surface area contributed by atoms with Crippen molar-refractivity contribution in [3.63, 3.8) is 0 Å². The molecule has 25 heavy (non-hydrogen) atoms. The Morgan fingerprint density at radius 1 is 1.28 bits per heavy atom. The van der Waals surface area contributed by atoms with Gasteiger partial charge in [-0.2, -0.15) is 0 Å². The quantitative estimate of drug-likeness (QED) is 0.692. The average Bonchev–Trinajstić information content (AvgIpc) is 2.60. The van der Waals surface area contributed by atoms with Crippen molar-refractivity contribution in [2.24, 2.45) is 0 Å². The van der Waals surface area contributed by atoms with Crippen molar-refractivity contribution in [3.05, 3.63) is 35.4 Å². The first-order chi connectivity index (χ1) is 11.9. The molecule has 1 aliphatic rings. The number of ether oxygens (including phenoxy) is 1. The third kappa shape index (κ3) is 5.86. The molecule has 0 saturated carbocycles. The van der Waals surface area contributed by atoms with Gasteiger partial charge < -0.3 is 10.1 Å². The zero-order valence-electron chi connectivity index (χ0n) is 14.8. The minimum atomic E-state index is -3.73. The van der Waals surface area contributed by atoms with E-state index in [9.17, 15) is 13.2 Å². The summed E-state index contributed by atoms with van der Waals surface area (Å²) < 4.78 is 32.1. The van der Waals surface area contributed by atoms with E-state index in [1.54, 1.807) is 19.1 Å². The molecule has 1 aromatic rings.